The molecule has 0 aliphatic carbocycles. The molecule has 1 aromatic carbocycles. The Hall–Kier alpha value is -2.23. The van der Waals surface area contributed by atoms with Crippen LogP contribution in [0.1, 0.15) is 34.6 Å². The first-order chi connectivity index (χ1) is 13.5. The quantitative estimate of drug-likeness (QED) is 0.628. The van der Waals surface area contributed by atoms with Gasteiger partial charge in [-0.3, -0.25) is 4.98 Å². The molecule has 1 saturated heterocycles. The van der Waals surface area contributed by atoms with Gasteiger partial charge in [-0.05, 0) is 46.8 Å². The molecule has 7 nitrogen and oxygen atoms in total. The Balaban J connectivity index is 1.95. The third kappa shape index (κ3) is 2.85. The van der Waals surface area contributed by atoms with Crippen LogP contribution in [-0.4, -0.2) is 40.7 Å². The molecule has 2 aromatic heterocycles. The second kappa shape index (κ2) is 6.14. The molecule has 0 spiro atoms. The van der Waals surface area contributed by atoms with Crippen molar-refractivity contribution in [3.05, 3.63) is 48.4 Å². The minimum Gasteiger partial charge on any atom is -0.399 e. The average molecular weight is 400 g/mol. The Labute approximate surface area is 166 Å². The Morgan fingerprint density at radius 3 is 2.21 bits per heavy atom. The molecule has 4 rings (SSSR count). The van der Waals surface area contributed by atoms with Crippen molar-refractivity contribution in [2.24, 2.45) is 0 Å². The van der Waals surface area contributed by atoms with Gasteiger partial charge >= 0.3 is 7.12 Å². The Bertz CT molecular complexity index is 1190. The fourth-order valence-electron chi connectivity index (χ4n) is 3.00. The van der Waals surface area contributed by atoms with Gasteiger partial charge in [0.25, 0.3) is 10.0 Å². The van der Waals surface area contributed by atoms with E-state index in [4.69, 9.17) is 10.7 Å². The van der Waals surface area contributed by atoms with E-state index >= 15 is 0 Å². The molecule has 0 atom stereocenters. The summed E-state index contributed by atoms with van der Waals surface area (Å²) in [6.45, 7) is 9.45. The third-order valence-corrected chi connectivity index (χ3v) is 7.01. The number of rotatable bonds is 3. The van der Waals surface area contributed by atoms with Gasteiger partial charge in [0.05, 0.1) is 17.5 Å². The molecule has 146 valence electrons. The molecule has 0 amide bonds. The van der Waals surface area contributed by atoms with Crippen molar-refractivity contribution in [2.75, 3.05) is 0 Å². The van der Waals surface area contributed by atoms with E-state index in [9.17, 15) is 8.42 Å². The summed E-state index contributed by atoms with van der Waals surface area (Å²) in [4.78, 5) is 8.57. The molecule has 0 saturated carbocycles. The fourth-order valence-corrected chi connectivity index (χ4v) is 4.27. The molecule has 28 heavy (non-hydrogen) atoms. The zero-order valence-electron chi connectivity index (χ0n) is 17.4. The summed E-state index contributed by atoms with van der Waals surface area (Å²) in [5.41, 5.74) is 0.245. The third-order valence-electron chi connectivity index (χ3n) is 5.40. The van der Waals surface area contributed by atoms with Gasteiger partial charge in [0.2, 0.25) is 0 Å². The van der Waals surface area contributed by atoms with E-state index < -0.39 is 28.3 Å². The monoisotopic (exact) mass is 400 g/mol. The van der Waals surface area contributed by atoms with Gasteiger partial charge < -0.3 is 9.31 Å². The maximum absolute atomic E-state index is 13.4. The summed E-state index contributed by atoms with van der Waals surface area (Å²) >= 11 is 0. The summed E-state index contributed by atoms with van der Waals surface area (Å²) in [7, 11) is -4.99. The van der Waals surface area contributed by atoms with Gasteiger partial charge in [-0.2, -0.15) is 0 Å². The van der Waals surface area contributed by atoms with Crippen molar-refractivity contribution in [3.63, 3.8) is 0 Å². The number of fused-ring (bicyclic) bond motifs is 1. The van der Waals surface area contributed by atoms with Crippen LogP contribution in [0.2, 0.25) is 0 Å². The lowest BCUT2D eigenvalue weighted by molar-refractivity contribution is 0.00578. The van der Waals surface area contributed by atoms with Crippen LogP contribution in [0.4, 0.5) is 0 Å². The van der Waals surface area contributed by atoms with Crippen LogP contribution in [0.3, 0.4) is 0 Å². The van der Waals surface area contributed by atoms with Gasteiger partial charge in [-0.15, -0.1) is 0 Å². The number of hydrogen-bond donors (Lipinski definition) is 0. The standard InChI is InChI=1S/C19H22BN3O4S/c1-13-6-8-14(9-7-13)28(24,25)23-12-15(16-17(23)22-11-10-21-16)20-26-18(2,3)19(4,5)27-20/h6-12H,1-5H3/i12D. The maximum atomic E-state index is 13.4. The molecule has 0 N–H and O–H groups in total. The normalized spacial score (nSPS) is 19.2. The van der Waals surface area contributed by atoms with Crippen LogP contribution in [0.25, 0.3) is 11.2 Å². The SMILES string of the molecule is [2H]c1c(B2OC(C)(C)C(C)(C)O2)c2nccnc2n1S(=O)(=O)c1ccc(C)cc1. The Morgan fingerprint density at radius 1 is 1.04 bits per heavy atom. The van der Waals surface area contributed by atoms with Crippen LogP contribution in [0, 0.1) is 6.92 Å². The number of hydrogen-bond acceptors (Lipinski definition) is 6. The Kier molecular flexibility index (Phi) is 3.91. The van der Waals surface area contributed by atoms with E-state index in [1.807, 2.05) is 34.6 Å². The average Bonchev–Trinajstić information content (AvgIpc) is 3.04. The molecule has 3 heterocycles. The van der Waals surface area contributed by atoms with E-state index in [2.05, 4.69) is 9.97 Å². The highest BCUT2D eigenvalue weighted by atomic mass is 32.2. The first-order valence-electron chi connectivity index (χ1n) is 9.45. The van der Waals surface area contributed by atoms with Gasteiger partial charge in [0.1, 0.15) is 5.52 Å². The maximum Gasteiger partial charge on any atom is 0.498 e. The molecule has 9 heteroatoms. The summed E-state index contributed by atoms with van der Waals surface area (Å²) in [5, 5.41) is 0. The van der Waals surface area contributed by atoms with Gasteiger partial charge in [-0.25, -0.2) is 17.4 Å². The van der Waals surface area contributed by atoms with E-state index in [1.54, 1.807) is 12.1 Å². The lowest BCUT2D eigenvalue weighted by Gasteiger charge is -2.32. The van der Waals surface area contributed by atoms with Gasteiger partial charge in [-0.1, -0.05) is 17.7 Å². The largest absolute Gasteiger partial charge is 0.498 e. The van der Waals surface area contributed by atoms with Crippen LogP contribution >= 0.6 is 0 Å². The lowest BCUT2D eigenvalue weighted by Crippen LogP contribution is -2.41. The van der Waals surface area contributed by atoms with Crippen molar-refractivity contribution >= 4 is 33.8 Å². The van der Waals surface area contributed by atoms with E-state index in [0.29, 0.717) is 0 Å². The van der Waals surface area contributed by atoms with Crippen molar-refractivity contribution in [3.8, 4) is 0 Å². The molecule has 1 fully saturated rings. The fraction of sp³-hybridized carbons (Fsp3) is 0.368. The minimum absolute atomic E-state index is 0.0691. The molecule has 1 aliphatic rings. The van der Waals surface area contributed by atoms with Crippen LogP contribution in [0.5, 0.6) is 0 Å². The molecule has 1 aliphatic heterocycles. The second-order valence-corrected chi connectivity index (χ2v) is 9.71. The van der Waals surface area contributed by atoms with E-state index in [0.717, 1.165) is 9.54 Å². The highest BCUT2D eigenvalue weighted by Gasteiger charge is 2.53. The summed E-state index contributed by atoms with van der Waals surface area (Å²) < 4.78 is 48.4. The number of nitrogens with zero attached hydrogens (tertiary/aromatic N) is 3. The summed E-state index contributed by atoms with van der Waals surface area (Å²) in [6, 6.07) is 6.45. The second-order valence-electron chi connectivity index (χ2n) is 7.92. The van der Waals surface area contributed by atoms with Crippen molar-refractivity contribution in [2.45, 2.75) is 50.7 Å². The molecule has 0 unspecified atom stereocenters. The smallest absolute Gasteiger partial charge is 0.399 e. The van der Waals surface area contributed by atoms with Crippen molar-refractivity contribution in [1.29, 1.82) is 0 Å². The van der Waals surface area contributed by atoms with Crippen LogP contribution in [0.15, 0.2) is 47.7 Å². The first-order valence-corrected chi connectivity index (χ1v) is 10.4. The predicted octanol–water partition coefficient (Wildman–Crippen LogP) is 2.28. The number of aromatic nitrogens is 3. The zero-order valence-corrected chi connectivity index (χ0v) is 17.2. The molecular formula is C19H22BN3O4S. The van der Waals surface area contributed by atoms with Crippen molar-refractivity contribution in [1.82, 2.24) is 13.9 Å². The summed E-state index contributed by atoms with van der Waals surface area (Å²) in [5.74, 6) is 0. The predicted molar refractivity (Wildman–Crippen MR) is 107 cm³/mol. The number of aryl methyl sites for hydroxylation is 1. The topological polar surface area (TPSA) is 83.3 Å². The summed E-state index contributed by atoms with van der Waals surface area (Å²) in [6.07, 6.45) is 2.58. The van der Waals surface area contributed by atoms with Crippen LogP contribution < -0.4 is 5.46 Å². The first kappa shape index (κ1) is 17.8. The zero-order chi connectivity index (χ0) is 21.2. The van der Waals surface area contributed by atoms with Crippen molar-refractivity contribution < 1.29 is 19.1 Å². The molecule has 0 radical (unpaired) electrons. The molecular weight excluding hydrogens is 377 g/mol. The minimum atomic E-state index is -4.06. The van der Waals surface area contributed by atoms with E-state index in [1.165, 1.54) is 24.5 Å². The van der Waals surface area contributed by atoms with Crippen LogP contribution in [-0.2, 0) is 19.3 Å². The van der Waals surface area contributed by atoms with Gasteiger partial charge in [0.15, 0.2) is 5.65 Å². The Morgan fingerprint density at radius 2 is 1.61 bits per heavy atom. The molecule has 3 aromatic rings. The highest BCUT2D eigenvalue weighted by molar-refractivity contribution is 7.90. The number of benzene rings is 1. The van der Waals surface area contributed by atoms with Gasteiger partial charge in [0, 0.05) is 24.0 Å². The molecule has 0 bridgehead atoms. The van der Waals surface area contributed by atoms with E-state index in [-0.39, 0.29) is 27.7 Å². The lowest BCUT2D eigenvalue weighted by atomic mass is 9.80. The highest BCUT2D eigenvalue weighted by Crippen LogP contribution is 2.37.